The smallest absolute Gasteiger partial charge is 0.317 e. The SMILES string of the molecule is COc1ccc(S(=O)(=O)N2CC(NC(=O)N3CCC(C(=O)O)C3)C2)cc1. The van der Waals surface area contributed by atoms with E-state index in [-0.39, 0.29) is 36.6 Å². The minimum Gasteiger partial charge on any atom is -0.497 e. The molecule has 1 atom stereocenters. The van der Waals surface area contributed by atoms with Gasteiger partial charge in [0, 0.05) is 26.2 Å². The van der Waals surface area contributed by atoms with E-state index in [2.05, 4.69) is 5.32 Å². The molecule has 0 aromatic heterocycles. The summed E-state index contributed by atoms with van der Waals surface area (Å²) in [5, 5.41) is 11.7. The minimum absolute atomic E-state index is 0.173. The lowest BCUT2D eigenvalue weighted by Gasteiger charge is -2.39. The third-order valence-electron chi connectivity index (χ3n) is 4.70. The van der Waals surface area contributed by atoms with Crippen LogP contribution in [0.1, 0.15) is 6.42 Å². The van der Waals surface area contributed by atoms with Gasteiger partial charge < -0.3 is 20.1 Å². The van der Waals surface area contributed by atoms with Crippen molar-refractivity contribution in [1.82, 2.24) is 14.5 Å². The van der Waals surface area contributed by atoms with Crippen molar-refractivity contribution in [2.45, 2.75) is 17.4 Å². The third-order valence-corrected chi connectivity index (χ3v) is 6.54. The molecule has 142 valence electrons. The first kappa shape index (κ1) is 18.5. The van der Waals surface area contributed by atoms with Crippen molar-refractivity contribution >= 4 is 22.0 Å². The number of sulfonamides is 1. The Kier molecular flexibility index (Phi) is 5.05. The second-order valence-corrected chi connectivity index (χ2v) is 8.35. The number of carboxylic acids is 1. The molecular formula is C16H21N3O6S. The summed E-state index contributed by atoms with van der Waals surface area (Å²) in [6.07, 6.45) is 0.436. The molecule has 0 radical (unpaired) electrons. The van der Waals surface area contributed by atoms with Crippen molar-refractivity contribution in [1.29, 1.82) is 0 Å². The van der Waals surface area contributed by atoms with E-state index in [9.17, 15) is 18.0 Å². The highest BCUT2D eigenvalue weighted by molar-refractivity contribution is 7.89. The fourth-order valence-corrected chi connectivity index (χ4v) is 4.57. The number of likely N-dealkylation sites (tertiary alicyclic amines) is 1. The largest absolute Gasteiger partial charge is 0.497 e. The number of ether oxygens (including phenoxy) is 1. The van der Waals surface area contributed by atoms with E-state index in [4.69, 9.17) is 9.84 Å². The molecule has 10 heteroatoms. The number of carbonyl (C=O) groups is 2. The highest BCUT2D eigenvalue weighted by atomic mass is 32.2. The molecule has 2 heterocycles. The number of nitrogens with one attached hydrogen (secondary N) is 1. The van der Waals surface area contributed by atoms with Crippen molar-refractivity contribution in [3.05, 3.63) is 24.3 Å². The zero-order valence-electron chi connectivity index (χ0n) is 14.3. The molecule has 2 fully saturated rings. The predicted octanol–water partition coefficient (Wildman–Crippen LogP) is 0.184. The Morgan fingerprint density at radius 1 is 1.19 bits per heavy atom. The Balaban J connectivity index is 1.52. The zero-order valence-corrected chi connectivity index (χ0v) is 15.1. The Morgan fingerprint density at radius 3 is 2.38 bits per heavy atom. The highest BCUT2D eigenvalue weighted by Gasteiger charge is 2.39. The van der Waals surface area contributed by atoms with Crippen molar-refractivity contribution < 1.29 is 27.9 Å². The molecule has 0 spiro atoms. The Labute approximate surface area is 151 Å². The average Bonchev–Trinajstić information content (AvgIpc) is 3.08. The molecule has 1 aromatic carbocycles. The summed E-state index contributed by atoms with van der Waals surface area (Å²) in [6, 6.07) is 5.50. The van der Waals surface area contributed by atoms with Crippen LogP contribution in [0.3, 0.4) is 0 Å². The van der Waals surface area contributed by atoms with Crippen LogP contribution in [-0.2, 0) is 14.8 Å². The number of carboxylic acid groups (broad SMARTS) is 1. The van der Waals surface area contributed by atoms with E-state index in [0.29, 0.717) is 18.7 Å². The van der Waals surface area contributed by atoms with Crippen LogP contribution in [0.5, 0.6) is 5.75 Å². The molecule has 26 heavy (non-hydrogen) atoms. The second-order valence-electron chi connectivity index (χ2n) is 6.41. The first-order valence-corrected chi connectivity index (χ1v) is 9.67. The van der Waals surface area contributed by atoms with Gasteiger partial charge in [0.15, 0.2) is 0 Å². The van der Waals surface area contributed by atoms with Crippen molar-refractivity contribution in [2.24, 2.45) is 5.92 Å². The molecule has 2 aliphatic rings. The highest BCUT2D eigenvalue weighted by Crippen LogP contribution is 2.24. The number of nitrogens with zero attached hydrogens (tertiary/aromatic N) is 2. The maximum Gasteiger partial charge on any atom is 0.317 e. The molecule has 2 aliphatic heterocycles. The molecule has 3 rings (SSSR count). The summed E-state index contributed by atoms with van der Waals surface area (Å²) in [7, 11) is -2.09. The first-order valence-electron chi connectivity index (χ1n) is 8.23. The maximum atomic E-state index is 12.5. The topological polar surface area (TPSA) is 116 Å². The molecule has 9 nitrogen and oxygen atoms in total. The van der Waals surface area contributed by atoms with E-state index < -0.39 is 21.9 Å². The van der Waals surface area contributed by atoms with Gasteiger partial charge in [-0.15, -0.1) is 0 Å². The lowest BCUT2D eigenvalue weighted by atomic mass is 10.1. The standard InChI is InChI=1S/C16H21N3O6S/c1-25-13-2-4-14(5-3-13)26(23,24)19-9-12(10-19)17-16(22)18-7-6-11(8-18)15(20)21/h2-5,11-12H,6-10H2,1H3,(H,17,22)(H,20,21). The summed E-state index contributed by atoms with van der Waals surface area (Å²) in [6.45, 7) is 0.956. The normalized spacial score (nSPS) is 21.3. The number of methoxy groups -OCH3 is 1. The average molecular weight is 383 g/mol. The van der Waals surface area contributed by atoms with Crippen LogP contribution in [0.4, 0.5) is 4.79 Å². The molecule has 1 unspecified atom stereocenters. The van der Waals surface area contributed by atoms with Crippen LogP contribution in [0.2, 0.25) is 0 Å². The van der Waals surface area contributed by atoms with Crippen LogP contribution in [0.25, 0.3) is 0 Å². The Bertz CT molecular complexity index is 789. The number of hydrogen-bond donors (Lipinski definition) is 2. The number of hydrogen-bond acceptors (Lipinski definition) is 5. The Morgan fingerprint density at radius 2 is 1.85 bits per heavy atom. The molecule has 0 bridgehead atoms. The van der Waals surface area contributed by atoms with E-state index in [1.54, 1.807) is 12.1 Å². The van der Waals surface area contributed by atoms with Gasteiger partial charge in [-0.2, -0.15) is 4.31 Å². The van der Waals surface area contributed by atoms with Crippen LogP contribution in [0, 0.1) is 5.92 Å². The molecule has 0 aliphatic carbocycles. The summed E-state index contributed by atoms with van der Waals surface area (Å²) >= 11 is 0. The number of urea groups is 1. The second kappa shape index (κ2) is 7.12. The first-order chi connectivity index (χ1) is 12.3. The van der Waals surface area contributed by atoms with Crippen LogP contribution < -0.4 is 10.1 Å². The fourth-order valence-electron chi connectivity index (χ4n) is 3.03. The Hall–Kier alpha value is -2.33. The molecule has 1 aromatic rings. The monoisotopic (exact) mass is 383 g/mol. The lowest BCUT2D eigenvalue weighted by molar-refractivity contribution is -0.141. The van der Waals surface area contributed by atoms with Gasteiger partial charge in [-0.25, -0.2) is 13.2 Å². The lowest BCUT2D eigenvalue weighted by Crippen LogP contribution is -2.62. The predicted molar refractivity (Wildman–Crippen MR) is 91.4 cm³/mol. The van der Waals surface area contributed by atoms with Gasteiger partial charge >= 0.3 is 12.0 Å². The summed E-state index contributed by atoms with van der Waals surface area (Å²) < 4.78 is 31.3. The molecule has 2 amide bonds. The number of benzene rings is 1. The van der Waals surface area contributed by atoms with E-state index >= 15 is 0 Å². The van der Waals surface area contributed by atoms with Crippen molar-refractivity contribution in [2.75, 3.05) is 33.3 Å². The molecule has 2 saturated heterocycles. The molecule has 0 saturated carbocycles. The van der Waals surface area contributed by atoms with Gasteiger partial charge in [0.1, 0.15) is 5.75 Å². The number of carbonyl (C=O) groups excluding carboxylic acids is 1. The zero-order chi connectivity index (χ0) is 18.9. The van der Waals surface area contributed by atoms with Gasteiger partial charge in [-0.3, -0.25) is 4.79 Å². The summed E-state index contributed by atoms with van der Waals surface area (Å²) in [5.74, 6) is -0.863. The molecule has 2 N–H and O–H groups in total. The fraction of sp³-hybridized carbons (Fsp3) is 0.500. The van der Waals surface area contributed by atoms with E-state index in [1.165, 1.54) is 28.4 Å². The van der Waals surface area contributed by atoms with Crippen LogP contribution in [-0.4, -0.2) is 74.1 Å². The third kappa shape index (κ3) is 3.61. The quantitative estimate of drug-likeness (QED) is 0.750. The van der Waals surface area contributed by atoms with Gasteiger partial charge in [0.2, 0.25) is 10.0 Å². The van der Waals surface area contributed by atoms with Gasteiger partial charge in [0.25, 0.3) is 0 Å². The van der Waals surface area contributed by atoms with Gasteiger partial charge in [0.05, 0.1) is 24.0 Å². The minimum atomic E-state index is -3.60. The van der Waals surface area contributed by atoms with E-state index in [0.717, 1.165) is 0 Å². The van der Waals surface area contributed by atoms with E-state index in [1.807, 2.05) is 0 Å². The summed E-state index contributed by atoms with van der Waals surface area (Å²) in [5.41, 5.74) is 0. The van der Waals surface area contributed by atoms with Crippen LogP contribution >= 0.6 is 0 Å². The van der Waals surface area contributed by atoms with Crippen LogP contribution in [0.15, 0.2) is 29.2 Å². The van der Waals surface area contributed by atoms with Crippen molar-refractivity contribution in [3.8, 4) is 5.75 Å². The van der Waals surface area contributed by atoms with Gasteiger partial charge in [-0.1, -0.05) is 0 Å². The molecular weight excluding hydrogens is 362 g/mol. The number of rotatable bonds is 5. The number of aliphatic carboxylic acids is 1. The van der Waals surface area contributed by atoms with Gasteiger partial charge in [-0.05, 0) is 30.7 Å². The number of amides is 2. The van der Waals surface area contributed by atoms with Crippen molar-refractivity contribution in [3.63, 3.8) is 0 Å². The summed E-state index contributed by atoms with van der Waals surface area (Å²) in [4.78, 5) is 24.7. The maximum absolute atomic E-state index is 12.5.